The van der Waals surface area contributed by atoms with E-state index in [0.717, 1.165) is 4.47 Å². The molecule has 1 N–H and O–H groups in total. The summed E-state index contributed by atoms with van der Waals surface area (Å²) in [5.41, 5.74) is 1.67. The fourth-order valence-electron chi connectivity index (χ4n) is 3.85. The second-order valence-electron chi connectivity index (χ2n) is 7.35. The molecule has 0 bridgehead atoms. The average molecular weight is 502 g/mol. The van der Waals surface area contributed by atoms with Crippen molar-refractivity contribution in [3.8, 4) is 16.9 Å². The van der Waals surface area contributed by atoms with Gasteiger partial charge in [-0.2, -0.15) is 18.3 Å². The summed E-state index contributed by atoms with van der Waals surface area (Å²) in [4.78, 5) is 12.5. The Morgan fingerprint density at radius 2 is 1.75 bits per heavy atom. The lowest BCUT2D eigenvalue weighted by atomic mass is 9.94. The third kappa shape index (κ3) is 3.62. The summed E-state index contributed by atoms with van der Waals surface area (Å²) in [6.45, 7) is 0. The molecule has 1 amide bonds. The molecule has 0 spiro atoms. The first-order valence-corrected chi connectivity index (χ1v) is 10.5. The van der Waals surface area contributed by atoms with Crippen molar-refractivity contribution in [2.75, 3.05) is 5.32 Å². The monoisotopic (exact) mass is 501 g/mol. The van der Waals surface area contributed by atoms with Crippen LogP contribution < -0.4 is 5.32 Å². The molecule has 0 aliphatic heterocycles. The standard InChI is InChI=1S/C23H15BrF3N3O2/c24-14-3-5-15(6-4-14)28-22(31)13-1-7-16(8-2-13)30-20-17-11-12-32-19(17)10-9-18(20)21(29-30)23(25,26)27/h1-8,11-12H,9-10H2,(H,28,31). The first kappa shape index (κ1) is 20.6. The Morgan fingerprint density at radius 3 is 2.44 bits per heavy atom. The van der Waals surface area contributed by atoms with Gasteiger partial charge in [0.2, 0.25) is 0 Å². The lowest BCUT2D eigenvalue weighted by Gasteiger charge is -2.15. The Hall–Kier alpha value is -3.33. The van der Waals surface area contributed by atoms with E-state index in [9.17, 15) is 18.0 Å². The van der Waals surface area contributed by atoms with Crippen LogP contribution in [0.1, 0.15) is 27.4 Å². The summed E-state index contributed by atoms with van der Waals surface area (Å²) < 4.78 is 48.6. The number of fused-ring (bicyclic) bond motifs is 3. The zero-order valence-electron chi connectivity index (χ0n) is 16.4. The topological polar surface area (TPSA) is 60.1 Å². The molecule has 4 aromatic rings. The van der Waals surface area contributed by atoms with Crippen molar-refractivity contribution < 1.29 is 22.4 Å². The van der Waals surface area contributed by atoms with Gasteiger partial charge >= 0.3 is 6.18 Å². The zero-order chi connectivity index (χ0) is 22.5. The number of rotatable bonds is 3. The summed E-state index contributed by atoms with van der Waals surface area (Å²) in [5, 5.41) is 6.69. The van der Waals surface area contributed by atoms with Crippen LogP contribution in [0.4, 0.5) is 18.9 Å². The van der Waals surface area contributed by atoms with Gasteiger partial charge < -0.3 is 9.73 Å². The van der Waals surface area contributed by atoms with Crippen LogP contribution in [0.25, 0.3) is 16.9 Å². The summed E-state index contributed by atoms with van der Waals surface area (Å²) in [6, 6.07) is 15.1. The number of aromatic nitrogens is 2. The second-order valence-corrected chi connectivity index (χ2v) is 8.27. The van der Waals surface area contributed by atoms with Crippen molar-refractivity contribution in [1.29, 1.82) is 0 Å². The number of aryl methyl sites for hydroxylation is 1. The normalized spacial score (nSPS) is 12.9. The van der Waals surface area contributed by atoms with Gasteiger partial charge in [-0.15, -0.1) is 0 Å². The van der Waals surface area contributed by atoms with E-state index >= 15 is 0 Å². The van der Waals surface area contributed by atoms with Crippen molar-refractivity contribution in [2.45, 2.75) is 19.0 Å². The fourth-order valence-corrected chi connectivity index (χ4v) is 4.12. The number of carbonyl (C=O) groups is 1. The Kier molecular flexibility index (Phi) is 4.93. The van der Waals surface area contributed by atoms with Crippen LogP contribution in [-0.4, -0.2) is 15.7 Å². The molecule has 32 heavy (non-hydrogen) atoms. The molecular weight excluding hydrogens is 487 g/mol. The number of hydrogen-bond donors (Lipinski definition) is 1. The van der Waals surface area contributed by atoms with E-state index in [0.29, 0.717) is 40.4 Å². The highest BCUT2D eigenvalue weighted by Gasteiger charge is 2.41. The van der Waals surface area contributed by atoms with Gasteiger partial charge in [-0.05, 0) is 61.0 Å². The van der Waals surface area contributed by atoms with E-state index in [1.165, 1.54) is 10.9 Å². The Morgan fingerprint density at radius 1 is 1.03 bits per heavy atom. The third-order valence-electron chi connectivity index (χ3n) is 5.33. The number of hydrogen-bond acceptors (Lipinski definition) is 3. The number of anilines is 1. The summed E-state index contributed by atoms with van der Waals surface area (Å²) in [7, 11) is 0. The maximum absolute atomic E-state index is 13.7. The van der Waals surface area contributed by atoms with Gasteiger partial charge in [-0.1, -0.05) is 15.9 Å². The first-order chi connectivity index (χ1) is 15.3. The Balaban J connectivity index is 1.50. The van der Waals surface area contributed by atoms with Gasteiger partial charge in [0.05, 0.1) is 17.6 Å². The fraction of sp³-hybridized carbons (Fsp3) is 0.130. The number of alkyl halides is 3. The van der Waals surface area contributed by atoms with Crippen molar-refractivity contribution >= 4 is 27.5 Å². The Labute approximate surface area is 189 Å². The smallest absolute Gasteiger partial charge is 0.435 e. The van der Waals surface area contributed by atoms with E-state index in [1.54, 1.807) is 42.5 Å². The van der Waals surface area contributed by atoms with Crippen LogP contribution in [0.15, 0.2) is 69.8 Å². The SMILES string of the molecule is O=C(Nc1ccc(Br)cc1)c1ccc(-n2nc(C(F)(F)F)c3c2-c2ccoc2CC3)cc1. The van der Waals surface area contributed by atoms with E-state index in [1.807, 2.05) is 12.1 Å². The highest BCUT2D eigenvalue weighted by atomic mass is 79.9. The highest BCUT2D eigenvalue weighted by molar-refractivity contribution is 9.10. The molecule has 2 aromatic heterocycles. The predicted molar refractivity (Wildman–Crippen MR) is 116 cm³/mol. The molecule has 2 heterocycles. The minimum atomic E-state index is -4.57. The number of benzene rings is 2. The van der Waals surface area contributed by atoms with E-state index < -0.39 is 11.9 Å². The number of carbonyl (C=O) groups excluding carboxylic acids is 1. The Bertz CT molecular complexity index is 1310. The number of nitrogens with one attached hydrogen (secondary N) is 1. The van der Waals surface area contributed by atoms with Crippen molar-refractivity contribution in [2.24, 2.45) is 0 Å². The van der Waals surface area contributed by atoms with Crippen LogP contribution in [-0.2, 0) is 19.0 Å². The maximum Gasteiger partial charge on any atom is 0.435 e. The molecule has 0 saturated carbocycles. The van der Waals surface area contributed by atoms with Crippen LogP contribution in [0, 0.1) is 0 Å². The van der Waals surface area contributed by atoms with Crippen LogP contribution >= 0.6 is 15.9 Å². The average Bonchev–Trinajstić information content (AvgIpc) is 3.39. The number of furan rings is 1. The minimum absolute atomic E-state index is 0.156. The van der Waals surface area contributed by atoms with Gasteiger partial charge in [0, 0.05) is 33.3 Å². The molecule has 1 aliphatic carbocycles. The second kappa shape index (κ2) is 7.67. The van der Waals surface area contributed by atoms with Gasteiger partial charge in [-0.3, -0.25) is 4.79 Å². The zero-order valence-corrected chi connectivity index (χ0v) is 18.0. The van der Waals surface area contributed by atoms with E-state index in [-0.39, 0.29) is 17.9 Å². The molecule has 9 heteroatoms. The van der Waals surface area contributed by atoms with E-state index in [2.05, 4.69) is 26.3 Å². The first-order valence-electron chi connectivity index (χ1n) is 9.74. The molecule has 0 fully saturated rings. The van der Waals surface area contributed by atoms with Crippen molar-refractivity contribution in [1.82, 2.24) is 9.78 Å². The molecule has 1 aliphatic rings. The lowest BCUT2D eigenvalue weighted by Crippen LogP contribution is -2.12. The minimum Gasteiger partial charge on any atom is -0.469 e. The molecule has 0 atom stereocenters. The predicted octanol–water partition coefficient (Wildman–Crippen LogP) is 6.26. The van der Waals surface area contributed by atoms with Crippen molar-refractivity contribution in [3.05, 3.63) is 87.9 Å². The molecular formula is C23H15BrF3N3O2. The molecule has 0 radical (unpaired) electrons. The highest BCUT2D eigenvalue weighted by Crippen LogP contribution is 2.42. The van der Waals surface area contributed by atoms with Crippen molar-refractivity contribution in [3.63, 3.8) is 0 Å². The summed E-state index contributed by atoms with van der Waals surface area (Å²) >= 11 is 3.34. The van der Waals surface area contributed by atoms with Gasteiger partial charge in [-0.25, -0.2) is 4.68 Å². The largest absolute Gasteiger partial charge is 0.469 e. The van der Waals surface area contributed by atoms with Gasteiger partial charge in [0.1, 0.15) is 5.76 Å². The molecule has 162 valence electrons. The third-order valence-corrected chi connectivity index (χ3v) is 5.86. The lowest BCUT2D eigenvalue weighted by molar-refractivity contribution is -0.142. The maximum atomic E-state index is 13.7. The number of halogens is 4. The molecule has 0 unspecified atom stereocenters. The number of nitrogens with zero attached hydrogens (tertiary/aromatic N) is 2. The summed E-state index contributed by atoms with van der Waals surface area (Å²) in [6.07, 6.45) is -2.52. The molecule has 0 saturated heterocycles. The van der Waals surface area contributed by atoms with Crippen LogP contribution in [0.2, 0.25) is 0 Å². The van der Waals surface area contributed by atoms with Crippen LogP contribution in [0.5, 0.6) is 0 Å². The summed E-state index contributed by atoms with van der Waals surface area (Å²) in [5.74, 6) is 0.312. The van der Waals surface area contributed by atoms with Gasteiger partial charge in [0.25, 0.3) is 5.91 Å². The number of amides is 1. The molecule has 5 rings (SSSR count). The van der Waals surface area contributed by atoms with Crippen LogP contribution in [0.3, 0.4) is 0 Å². The molecule has 2 aromatic carbocycles. The quantitative estimate of drug-likeness (QED) is 0.360. The van der Waals surface area contributed by atoms with E-state index in [4.69, 9.17) is 4.42 Å². The van der Waals surface area contributed by atoms with Gasteiger partial charge in [0.15, 0.2) is 5.69 Å². The molecule has 5 nitrogen and oxygen atoms in total.